The Balaban J connectivity index is 1.77. The van der Waals surface area contributed by atoms with Crippen LogP contribution in [0.4, 0.5) is 5.95 Å². The van der Waals surface area contributed by atoms with Crippen molar-refractivity contribution < 1.29 is 0 Å². The zero-order valence-corrected chi connectivity index (χ0v) is 9.96. The van der Waals surface area contributed by atoms with Crippen molar-refractivity contribution >= 4 is 23.2 Å². The molecule has 0 amide bonds. The molecule has 90 valence electrons. The standard InChI is InChI=1S/C13H13N5/c1-18-8-4-5-10(18)9-14-17-13-15-11-6-2-3-7-12(11)16-13/h2-9H,1H3,(H2,15,16,17)/b14-9-. The van der Waals surface area contributed by atoms with E-state index in [2.05, 4.69) is 20.5 Å². The van der Waals surface area contributed by atoms with Gasteiger partial charge in [0.25, 0.3) is 0 Å². The summed E-state index contributed by atoms with van der Waals surface area (Å²) < 4.78 is 1.99. The minimum absolute atomic E-state index is 0.640. The van der Waals surface area contributed by atoms with Crippen LogP contribution in [0.5, 0.6) is 0 Å². The summed E-state index contributed by atoms with van der Waals surface area (Å²) in [5, 5.41) is 4.15. The third-order valence-corrected chi connectivity index (χ3v) is 2.74. The maximum atomic E-state index is 4.37. The van der Waals surface area contributed by atoms with Gasteiger partial charge < -0.3 is 9.55 Å². The number of rotatable bonds is 3. The fraction of sp³-hybridized carbons (Fsp3) is 0.0769. The van der Waals surface area contributed by atoms with Gasteiger partial charge in [-0.3, -0.25) is 0 Å². The number of anilines is 1. The lowest BCUT2D eigenvalue weighted by Gasteiger charge is -1.95. The van der Waals surface area contributed by atoms with Crippen molar-refractivity contribution in [1.29, 1.82) is 0 Å². The van der Waals surface area contributed by atoms with Crippen LogP contribution in [0.2, 0.25) is 0 Å². The molecule has 0 saturated heterocycles. The number of hydrogen-bond donors (Lipinski definition) is 2. The average Bonchev–Trinajstić information content (AvgIpc) is 2.96. The molecule has 3 rings (SSSR count). The first-order chi connectivity index (χ1) is 8.83. The van der Waals surface area contributed by atoms with Crippen LogP contribution in [0.25, 0.3) is 11.0 Å². The average molecular weight is 239 g/mol. The van der Waals surface area contributed by atoms with Crippen molar-refractivity contribution in [3.05, 3.63) is 48.3 Å². The molecule has 18 heavy (non-hydrogen) atoms. The lowest BCUT2D eigenvalue weighted by Crippen LogP contribution is -1.96. The van der Waals surface area contributed by atoms with Crippen LogP contribution < -0.4 is 5.43 Å². The Morgan fingerprint density at radius 2 is 2.17 bits per heavy atom. The molecule has 0 aliphatic heterocycles. The van der Waals surface area contributed by atoms with E-state index in [1.807, 2.05) is 54.2 Å². The van der Waals surface area contributed by atoms with Crippen molar-refractivity contribution in [2.24, 2.45) is 12.1 Å². The Kier molecular flexibility index (Phi) is 2.57. The number of aromatic amines is 1. The van der Waals surface area contributed by atoms with Crippen molar-refractivity contribution in [3.8, 4) is 0 Å². The Labute approximate surface area is 104 Å². The number of para-hydroxylation sites is 2. The van der Waals surface area contributed by atoms with Gasteiger partial charge in [-0.25, -0.2) is 10.4 Å². The number of hydrazone groups is 1. The second kappa shape index (κ2) is 4.37. The number of hydrogen-bond acceptors (Lipinski definition) is 3. The second-order valence-electron chi connectivity index (χ2n) is 4.02. The summed E-state index contributed by atoms with van der Waals surface area (Å²) in [6.07, 6.45) is 3.73. The first kappa shape index (κ1) is 10.6. The summed E-state index contributed by atoms with van der Waals surface area (Å²) in [6, 6.07) is 11.8. The van der Waals surface area contributed by atoms with Gasteiger partial charge in [0.2, 0.25) is 5.95 Å². The summed E-state index contributed by atoms with van der Waals surface area (Å²) in [6.45, 7) is 0. The molecule has 5 heteroatoms. The molecule has 0 fully saturated rings. The minimum atomic E-state index is 0.640. The lowest BCUT2D eigenvalue weighted by molar-refractivity contribution is 0.918. The Hall–Kier alpha value is -2.56. The van der Waals surface area contributed by atoms with Gasteiger partial charge in [0.05, 0.1) is 22.9 Å². The van der Waals surface area contributed by atoms with Crippen LogP contribution >= 0.6 is 0 Å². The van der Waals surface area contributed by atoms with E-state index in [1.54, 1.807) is 6.21 Å². The maximum Gasteiger partial charge on any atom is 0.222 e. The Morgan fingerprint density at radius 3 is 2.94 bits per heavy atom. The van der Waals surface area contributed by atoms with E-state index in [9.17, 15) is 0 Å². The molecule has 0 radical (unpaired) electrons. The first-order valence-electron chi connectivity index (χ1n) is 5.68. The van der Waals surface area contributed by atoms with Gasteiger partial charge in [0.1, 0.15) is 0 Å². The highest BCUT2D eigenvalue weighted by Gasteiger charge is 1.99. The van der Waals surface area contributed by atoms with Crippen molar-refractivity contribution in [3.63, 3.8) is 0 Å². The largest absolute Gasteiger partial charge is 0.350 e. The number of aryl methyl sites for hydroxylation is 1. The van der Waals surface area contributed by atoms with E-state index in [4.69, 9.17) is 0 Å². The number of H-pyrrole nitrogens is 1. The van der Waals surface area contributed by atoms with E-state index in [1.165, 1.54) is 0 Å². The molecule has 0 atom stereocenters. The molecule has 2 N–H and O–H groups in total. The molecular weight excluding hydrogens is 226 g/mol. The van der Waals surface area contributed by atoms with Gasteiger partial charge in [-0.1, -0.05) is 12.1 Å². The summed E-state index contributed by atoms with van der Waals surface area (Å²) in [5.74, 6) is 0.640. The quantitative estimate of drug-likeness (QED) is 0.544. The summed E-state index contributed by atoms with van der Waals surface area (Å²) >= 11 is 0. The molecule has 0 saturated carbocycles. The van der Waals surface area contributed by atoms with E-state index < -0.39 is 0 Å². The van der Waals surface area contributed by atoms with Gasteiger partial charge in [-0.15, -0.1) is 0 Å². The fourth-order valence-electron chi connectivity index (χ4n) is 1.77. The van der Waals surface area contributed by atoms with E-state index >= 15 is 0 Å². The number of nitrogens with zero attached hydrogens (tertiary/aromatic N) is 3. The van der Waals surface area contributed by atoms with Gasteiger partial charge in [0, 0.05) is 13.2 Å². The molecule has 3 aromatic rings. The second-order valence-corrected chi connectivity index (χ2v) is 4.02. The SMILES string of the molecule is Cn1cccc1/C=N\Nc1nc2ccccc2[nH]1. The molecule has 0 unspecified atom stereocenters. The first-order valence-corrected chi connectivity index (χ1v) is 5.68. The highest BCUT2D eigenvalue weighted by molar-refractivity contribution is 5.79. The Morgan fingerprint density at radius 1 is 1.28 bits per heavy atom. The number of aromatic nitrogens is 3. The van der Waals surface area contributed by atoms with E-state index in [0.717, 1.165) is 16.7 Å². The fourth-order valence-corrected chi connectivity index (χ4v) is 1.77. The zero-order valence-electron chi connectivity index (χ0n) is 9.96. The van der Waals surface area contributed by atoms with Gasteiger partial charge in [0.15, 0.2) is 0 Å². The predicted octanol–water partition coefficient (Wildman–Crippen LogP) is 2.35. The number of nitrogens with one attached hydrogen (secondary N) is 2. The van der Waals surface area contributed by atoms with Crippen molar-refractivity contribution in [2.75, 3.05) is 5.43 Å². The van der Waals surface area contributed by atoms with Gasteiger partial charge >= 0.3 is 0 Å². The third-order valence-electron chi connectivity index (χ3n) is 2.74. The number of benzene rings is 1. The van der Waals surface area contributed by atoms with Gasteiger partial charge in [-0.2, -0.15) is 5.10 Å². The third kappa shape index (κ3) is 1.98. The van der Waals surface area contributed by atoms with Crippen LogP contribution in [0, 0.1) is 0 Å². The van der Waals surface area contributed by atoms with Crippen LogP contribution in [-0.2, 0) is 7.05 Å². The molecule has 0 aliphatic carbocycles. The minimum Gasteiger partial charge on any atom is -0.350 e. The monoisotopic (exact) mass is 239 g/mol. The molecule has 2 aromatic heterocycles. The molecule has 0 spiro atoms. The van der Waals surface area contributed by atoms with Crippen molar-refractivity contribution in [1.82, 2.24) is 14.5 Å². The highest BCUT2D eigenvalue weighted by atomic mass is 15.4. The maximum absolute atomic E-state index is 4.37. The number of imidazole rings is 1. The topological polar surface area (TPSA) is 58.0 Å². The summed E-state index contributed by atoms with van der Waals surface area (Å²) in [7, 11) is 1.97. The van der Waals surface area contributed by atoms with Crippen LogP contribution in [-0.4, -0.2) is 20.7 Å². The van der Waals surface area contributed by atoms with Crippen molar-refractivity contribution in [2.45, 2.75) is 0 Å². The molecule has 5 nitrogen and oxygen atoms in total. The molecular formula is C13H13N5. The Bertz CT molecular complexity index is 659. The van der Waals surface area contributed by atoms with Gasteiger partial charge in [-0.05, 0) is 24.3 Å². The molecule has 1 aromatic carbocycles. The van der Waals surface area contributed by atoms with Crippen LogP contribution in [0.15, 0.2) is 47.7 Å². The molecule has 0 bridgehead atoms. The normalized spacial score (nSPS) is 11.4. The smallest absolute Gasteiger partial charge is 0.222 e. The number of fused-ring (bicyclic) bond motifs is 1. The zero-order chi connectivity index (χ0) is 12.4. The summed E-state index contributed by atoms with van der Waals surface area (Å²) in [5.41, 5.74) is 5.84. The molecule has 0 aliphatic rings. The highest BCUT2D eigenvalue weighted by Crippen LogP contribution is 2.12. The van der Waals surface area contributed by atoms with Crippen LogP contribution in [0.1, 0.15) is 5.69 Å². The van der Waals surface area contributed by atoms with E-state index in [0.29, 0.717) is 5.95 Å². The lowest BCUT2D eigenvalue weighted by atomic mass is 10.3. The van der Waals surface area contributed by atoms with Crippen LogP contribution in [0.3, 0.4) is 0 Å². The molecule has 2 heterocycles. The summed E-state index contributed by atoms with van der Waals surface area (Å²) in [4.78, 5) is 7.51. The predicted molar refractivity (Wildman–Crippen MR) is 72.7 cm³/mol. The van der Waals surface area contributed by atoms with E-state index in [-0.39, 0.29) is 0 Å².